The number of rotatable bonds is 6. The zero-order chi connectivity index (χ0) is 24.2. The maximum atomic E-state index is 13.1. The van der Waals surface area contributed by atoms with Gasteiger partial charge in [-0.25, -0.2) is 9.59 Å². The Morgan fingerprint density at radius 3 is 2.56 bits per heavy atom. The summed E-state index contributed by atoms with van der Waals surface area (Å²) >= 11 is 1.45. The second kappa shape index (κ2) is 10.4. The molecule has 1 fully saturated rings. The van der Waals surface area contributed by atoms with Crippen LogP contribution in [0, 0.1) is 6.92 Å². The summed E-state index contributed by atoms with van der Waals surface area (Å²) in [7, 11) is 1.67. The molecule has 1 unspecified atom stereocenters. The van der Waals surface area contributed by atoms with Gasteiger partial charge in [0.1, 0.15) is 0 Å². The first-order valence-corrected chi connectivity index (χ1v) is 12.3. The first-order chi connectivity index (χ1) is 16.4. The number of likely N-dealkylation sites (N-methyl/N-ethyl adjacent to an activating group) is 1. The molecule has 1 saturated heterocycles. The SMILES string of the molecule is CCOC(=O)C1=C(CN2CCN(C(=O)c3cccs3)CC2)N(C)C(=O)NC1c1cccc(C)c1. The molecule has 1 aromatic carbocycles. The van der Waals surface area contributed by atoms with Gasteiger partial charge in [-0.1, -0.05) is 35.9 Å². The van der Waals surface area contributed by atoms with Crippen molar-refractivity contribution in [1.82, 2.24) is 20.0 Å². The molecule has 0 spiro atoms. The molecule has 0 radical (unpaired) electrons. The predicted octanol–water partition coefficient (Wildman–Crippen LogP) is 3.03. The Balaban J connectivity index is 1.58. The number of aryl methyl sites for hydroxylation is 1. The van der Waals surface area contributed by atoms with Gasteiger partial charge in [0.15, 0.2) is 0 Å². The molecule has 180 valence electrons. The Bertz CT molecular complexity index is 1090. The molecule has 9 heteroatoms. The molecule has 1 atom stereocenters. The number of amides is 3. The highest BCUT2D eigenvalue weighted by molar-refractivity contribution is 7.12. The Kier molecular flexibility index (Phi) is 7.33. The average Bonchev–Trinajstić information content (AvgIpc) is 3.37. The number of nitrogens with zero attached hydrogens (tertiary/aromatic N) is 3. The van der Waals surface area contributed by atoms with E-state index in [0.717, 1.165) is 16.0 Å². The van der Waals surface area contributed by atoms with E-state index in [1.807, 2.05) is 53.6 Å². The lowest BCUT2D eigenvalue weighted by atomic mass is 9.93. The van der Waals surface area contributed by atoms with Crippen LogP contribution in [0.2, 0.25) is 0 Å². The second-order valence-electron chi connectivity index (χ2n) is 8.48. The third-order valence-electron chi connectivity index (χ3n) is 6.21. The fourth-order valence-electron chi connectivity index (χ4n) is 4.37. The van der Waals surface area contributed by atoms with Gasteiger partial charge in [-0.3, -0.25) is 14.6 Å². The average molecular weight is 483 g/mol. The van der Waals surface area contributed by atoms with Gasteiger partial charge in [0.2, 0.25) is 0 Å². The van der Waals surface area contributed by atoms with Crippen molar-refractivity contribution >= 4 is 29.2 Å². The summed E-state index contributed by atoms with van der Waals surface area (Å²) in [6, 6.07) is 10.7. The molecule has 8 nitrogen and oxygen atoms in total. The van der Waals surface area contributed by atoms with Crippen molar-refractivity contribution in [3.63, 3.8) is 0 Å². The molecule has 2 aliphatic heterocycles. The summed E-state index contributed by atoms with van der Waals surface area (Å²) in [5, 5.41) is 4.87. The van der Waals surface area contributed by atoms with Crippen molar-refractivity contribution in [1.29, 1.82) is 0 Å². The van der Waals surface area contributed by atoms with Gasteiger partial charge in [0.25, 0.3) is 5.91 Å². The predicted molar refractivity (Wildman–Crippen MR) is 131 cm³/mol. The highest BCUT2D eigenvalue weighted by Crippen LogP contribution is 2.32. The van der Waals surface area contributed by atoms with E-state index < -0.39 is 12.0 Å². The van der Waals surface area contributed by atoms with Gasteiger partial charge in [0.05, 0.1) is 23.1 Å². The quantitative estimate of drug-likeness (QED) is 0.640. The van der Waals surface area contributed by atoms with E-state index in [2.05, 4.69) is 10.2 Å². The Labute approximate surface area is 203 Å². The number of hydrogen-bond donors (Lipinski definition) is 1. The van der Waals surface area contributed by atoms with Crippen LogP contribution in [0.1, 0.15) is 33.8 Å². The van der Waals surface area contributed by atoms with Gasteiger partial charge in [-0.15, -0.1) is 11.3 Å². The van der Waals surface area contributed by atoms with Crippen molar-refractivity contribution in [2.24, 2.45) is 0 Å². The largest absolute Gasteiger partial charge is 0.463 e. The van der Waals surface area contributed by atoms with Crippen LogP contribution in [0.25, 0.3) is 0 Å². The number of nitrogens with one attached hydrogen (secondary N) is 1. The van der Waals surface area contributed by atoms with E-state index in [0.29, 0.717) is 44.0 Å². The summed E-state index contributed by atoms with van der Waals surface area (Å²) in [6.07, 6.45) is 0. The minimum absolute atomic E-state index is 0.0507. The van der Waals surface area contributed by atoms with Crippen LogP contribution in [0.4, 0.5) is 4.79 Å². The Morgan fingerprint density at radius 2 is 1.91 bits per heavy atom. The van der Waals surface area contributed by atoms with Gasteiger partial charge in [0, 0.05) is 45.5 Å². The number of carbonyl (C=O) groups excluding carboxylic acids is 3. The van der Waals surface area contributed by atoms with Crippen LogP contribution >= 0.6 is 11.3 Å². The topological polar surface area (TPSA) is 82.2 Å². The van der Waals surface area contributed by atoms with Gasteiger partial charge in [-0.05, 0) is 30.9 Å². The van der Waals surface area contributed by atoms with Crippen LogP contribution in [0.3, 0.4) is 0 Å². The molecule has 34 heavy (non-hydrogen) atoms. The Morgan fingerprint density at radius 1 is 1.15 bits per heavy atom. The minimum atomic E-state index is -0.584. The van der Waals surface area contributed by atoms with Crippen LogP contribution < -0.4 is 5.32 Å². The number of piperazine rings is 1. The molecule has 4 rings (SSSR count). The number of carbonyl (C=O) groups is 3. The number of benzene rings is 1. The van der Waals surface area contributed by atoms with Crippen molar-refractivity contribution < 1.29 is 19.1 Å². The van der Waals surface area contributed by atoms with Crippen molar-refractivity contribution in [3.8, 4) is 0 Å². The molecule has 3 heterocycles. The smallest absolute Gasteiger partial charge is 0.338 e. The van der Waals surface area contributed by atoms with Crippen molar-refractivity contribution in [2.75, 3.05) is 46.4 Å². The van der Waals surface area contributed by atoms with Gasteiger partial charge >= 0.3 is 12.0 Å². The van der Waals surface area contributed by atoms with Crippen molar-refractivity contribution in [3.05, 3.63) is 69.1 Å². The monoisotopic (exact) mass is 482 g/mol. The third kappa shape index (κ3) is 5.00. The number of urea groups is 1. The third-order valence-corrected chi connectivity index (χ3v) is 7.07. The van der Waals surface area contributed by atoms with E-state index >= 15 is 0 Å². The zero-order valence-electron chi connectivity index (χ0n) is 19.7. The maximum Gasteiger partial charge on any atom is 0.338 e. The fourth-order valence-corrected chi connectivity index (χ4v) is 5.07. The highest BCUT2D eigenvalue weighted by atomic mass is 32.1. The van der Waals surface area contributed by atoms with Crippen molar-refractivity contribution in [2.45, 2.75) is 19.9 Å². The van der Waals surface area contributed by atoms with E-state index in [1.165, 1.54) is 16.2 Å². The number of thiophene rings is 1. The molecule has 0 saturated carbocycles. The molecule has 1 N–H and O–H groups in total. The second-order valence-corrected chi connectivity index (χ2v) is 9.43. The first kappa shape index (κ1) is 24.0. The van der Waals surface area contributed by atoms with Gasteiger partial charge in [-0.2, -0.15) is 0 Å². The fraction of sp³-hybridized carbons (Fsp3) is 0.400. The van der Waals surface area contributed by atoms with E-state index in [9.17, 15) is 14.4 Å². The summed E-state index contributed by atoms with van der Waals surface area (Å²) < 4.78 is 5.41. The lowest BCUT2D eigenvalue weighted by Gasteiger charge is -2.39. The number of hydrogen-bond acceptors (Lipinski definition) is 6. The summed E-state index contributed by atoms with van der Waals surface area (Å²) in [4.78, 5) is 44.9. The lowest BCUT2D eigenvalue weighted by Crippen LogP contribution is -2.53. The molecule has 1 aromatic heterocycles. The zero-order valence-corrected chi connectivity index (χ0v) is 20.6. The van der Waals surface area contributed by atoms with E-state index in [1.54, 1.807) is 14.0 Å². The minimum Gasteiger partial charge on any atom is -0.463 e. The molecule has 0 bridgehead atoms. The number of ether oxygens (including phenoxy) is 1. The molecular weight excluding hydrogens is 452 g/mol. The summed E-state index contributed by atoms with van der Waals surface area (Å²) in [5.41, 5.74) is 2.97. The lowest BCUT2D eigenvalue weighted by molar-refractivity contribution is -0.139. The van der Waals surface area contributed by atoms with E-state index in [-0.39, 0.29) is 18.5 Å². The van der Waals surface area contributed by atoms with E-state index in [4.69, 9.17) is 4.74 Å². The molecule has 0 aliphatic carbocycles. The normalized spacial score (nSPS) is 19.3. The molecule has 3 amide bonds. The van der Waals surface area contributed by atoms with Crippen LogP contribution in [-0.2, 0) is 9.53 Å². The highest BCUT2D eigenvalue weighted by Gasteiger charge is 2.37. The molecular formula is C25H30N4O4S. The Hall–Kier alpha value is -3.17. The standard InChI is InChI=1S/C25H30N4O4S/c1-4-33-24(31)21-19(27(3)25(32)26-22(21)18-8-5-7-17(2)15-18)16-28-10-12-29(13-11-28)23(30)20-9-6-14-34-20/h5-9,14-15,22H,4,10-13,16H2,1-3H3,(H,26,32). The summed E-state index contributed by atoms with van der Waals surface area (Å²) in [6.45, 7) is 6.91. The van der Waals surface area contributed by atoms with Crippen LogP contribution in [0.15, 0.2) is 53.0 Å². The van der Waals surface area contributed by atoms with Crippen LogP contribution in [-0.4, -0.2) is 79.0 Å². The number of esters is 1. The molecule has 2 aliphatic rings. The summed E-state index contributed by atoms with van der Waals surface area (Å²) in [5.74, 6) is -0.378. The first-order valence-electron chi connectivity index (χ1n) is 11.4. The maximum absolute atomic E-state index is 13.1. The van der Waals surface area contributed by atoms with Gasteiger partial charge < -0.3 is 15.0 Å². The van der Waals surface area contributed by atoms with Crippen LogP contribution in [0.5, 0.6) is 0 Å². The molecule has 2 aromatic rings.